The lowest BCUT2D eigenvalue weighted by Gasteiger charge is -2.10. The zero-order chi connectivity index (χ0) is 12.4. The van der Waals surface area contributed by atoms with Gasteiger partial charge < -0.3 is 0 Å². The summed E-state index contributed by atoms with van der Waals surface area (Å²) in [7, 11) is 0. The van der Waals surface area contributed by atoms with Crippen molar-refractivity contribution in [2.75, 3.05) is 6.26 Å². The van der Waals surface area contributed by atoms with Gasteiger partial charge in [-0.2, -0.15) is 0 Å². The van der Waals surface area contributed by atoms with Gasteiger partial charge in [-0.05, 0) is 28.8 Å². The fourth-order valence-corrected chi connectivity index (χ4v) is 2.98. The van der Waals surface area contributed by atoms with Gasteiger partial charge in [0.25, 0.3) is 0 Å². The van der Waals surface area contributed by atoms with Gasteiger partial charge in [0.15, 0.2) is 0 Å². The molecule has 0 unspecified atom stereocenters. The van der Waals surface area contributed by atoms with Gasteiger partial charge in [-0.15, -0.1) is 11.8 Å². The van der Waals surface area contributed by atoms with Gasteiger partial charge in [-0.1, -0.05) is 60.7 Å². The maximum absolute atomic E-state index is 2.21. The van der Waals surface area contributed by atoms with E-state index >= 15 is 0 Å². The van der Waals surface area contributed by atoms with Gasteiger partial charge in [-0.3, -0.25) is 0 Å². The van der Waals surface area contributed by atoms with Gasteiger partial charge in [0.05, 0.1) is 0 Å². The lowest BCUT2D eigenvalue weighted by atomic mass is 9.98. The second kappa shape index (κ2) is 4.87. The maximum atomic E-state index is 2.21. The normalized spacial score (nSPS) is 10.7. The van der Waals surface area contributed by atoms with Gasteiger partial charge in [-0.25, -0.2) is 0 Å². The van der Waals surface area contributed by atoms with Crippen LogP contribution < -0.4 is 0 Å². The number of fused-ring (bicyclic) bond motifs is 1. The summed E-state index contributed by atoms with van der Waals surface area (Å²) in [5, 5.41) is 2.67. The van der Waals surface area contributed by atoms with E-state index < -0.39 is 0 Å². The molecule has 0 atom stereocenters. The van der Waals surface area contributed by atoms with Crippen LogP contribution >= 0.6 is 11.8 Å². The highest BCUT2D eigenvalue weighted by atomic mass is 32.2. The van der Waals surface area contributed by atoms with Crippen LogP contribution in [-0.4, -0.2) is 6.26 Å². The Kier molecular flexibility index (Phi) is 3.07. The lowest BCUT2D eigenvalue weighted by molar-refractivity contribution is 1.54. The molecule has 88 valence electrons. The topological polar surface area (TPSA) is 0 Å². The molecule has 0 spiro atoms. The summed E-state index contributed by atoms with van der Waals surface area (Å²) in [6.45, 7) is 0. The second-order valence-electron chi connectivity index (χ2n) is 4.23. The SMILES string of the molecule is CSc1cccc2cccc(-c3ccccc3)c12. The first-order chi connectivity index (χ1) is 8.90. The van der Waals surface area contributed by atoms with Crippen molar-refractivity contribution in [2.45, 2.75) is 4.90 Å². The van der Waals surface area contributed by atoms with Crippen molar-refractivity contribution >= 4 is 22.5 Å². The highest BCUT2D eigenvalue weighted by Crippen LogP contribution is 2.34. The van der Waals surface area contributed by atoms with E-state index in [4.69, 9.17) is 0 Å². The average Bonchev–Trinajstić information content (AvgIpc) is 2.47. The third-order valence-electron chi connectivity index (χ3n) is 3.17. The Hall–Kier alpha value is -1.73. The molecule has 0 amide bonds. The molecule has 18 heavy (non-hydrogen) atoms. The van der Waals surface area contributed by atoms with Crippen LogP contribution in [0.15, 0.2) is 71.6 Å². The standard InChI is InChI=1S/C17H14S/c1-18-16-12-6-10-14-9-5-11-15(17(14)16)13-7-3-2-4-8-13/h2-12H,1H3. The molecule has 0 bridgehead atoms. The van der Waals surface area contributed by atoms with Crippen LogP contribution in [0.5, 0.6) is 0 Å². The molecule has 0 heterocycles. The fourth-order valence-electron chi connectivity index (χ4n) is 2.33. The first-order valence-electron chi connectivity index (χ1n) is 6.01. The number of rotatable bonds is 2. The van der Waals surface area contributed by atoms with E-state index in [1.165, 1.54) is 26.8 Å². The molecule has 0 fully saturated rings. The average molecular weight is 250 g/mol. The maximum Gasteiger partial charge on any atom is 0.0154 e. The van der Waals surface area contributed by atoms with Crippen molar-refractivity contribution in [3.05, 3.63) is 66.7 Å². The van der Waals surface area contributed by atoms with Crippen LogP contribution in [0.2, 0.25) is 0 Å². The third-order valence-corrected chi connectivity index (χ3v) is 3.95. The number of benzene rings is 3. The Morgan fingerprint density at radius 2 is 1.44 bits per heavy atom. The molecule has 0 radical (unpaired) electrons. The number of thioether (sulfide) groups is 1. The summed E-state index contributed by atoms with van der Waals surface area (Å²) >= 11 is 1.81. The van der Waals surface area contributed by atoms with E-state index in [9.17, 15) is 0 Å². The van der Waals surface area contributed by atoms with E-state index in [-0.39, 0.29) is 0 Å². The second-order valence-corrected chi connectivity index (χ2v) is 5.08. The van der Waals surface area contributed by atoms with Crippen molar-refractivity contribution in [1.29, 1.82) is 0 Å². The summed E-state index contributed by atoms with van der Waals surface area (Å²) in [6, 6.07) is 23.6. The fraction of sp³-hybridized carbons (Fsp3) is 0.0588. The first-order valence-corrected chi connectivity index (χ1v) is 7.24. The van der Waals surface area contributed by atoms with E-state index in [0.29, 0.717) is 0 Å². The van der Waals surface area contributed by atoms with Gasteiger partial charge >= 0.3 is 0 Å². The van der Waals surface area contributed by atoms with Crippen LogP contribution in [0.4, 0.5) is 0 Å². The predicted molar refractivity (Wildman–Crippen MR) is 81.2 cm³/mol. The Balaban J connectivity index is 2.36. The lowest BCUT2D eigenvalue weighted by Crippen LogP contribution is -1.83. The minimum Gasteiger partial charge on any atom is -0.129 e. The van der Waals surface area contributed by atoms with E-state index in [0.717, 1.165) is 0 Å². The van der Waals surface area contributed by atoms with Crippen LogP contribution in [0.3, 0.4) is 0 Å². The molecular weight excluding hydrogens is 236 g/mol. The molecule has 0 aromatic heterocycles. The summed E-state index contributed by atoms with van der Waals surface area (Å²) in [5.41, 5.74) is 2.60. The Labute approximate surface area is 112 Å². The van der Waals surface area contributed by atoms with Crippen molar-refractivity contribution in [3.8, 4) is 11.1 Å². The Bertz CT molecular complexity index is 666. The smallest absolute Gasteiger partial charge is 0.0154 e. The summed E-state index contributed by atoms with van der Waals surface area (Å²) in [5.74, 6) is 0. The van der Waals surface area contributed by atoms with Gasteiger partial charge in [0.2, 0.25) is 0 Å². The molecule has 0 nitrogen and oxygen atoms in total. The van der Waals surface area contributed by atoms with Crippen LogP contribution in [0.25, 0.3) is 21.9 Å². The van der Waals surface area contributed by atoms with Gasteiger partial charge in [0.1, 0.15) is 0 Å². The minimum atomic E-state index is 1.28. The molecule has 3 rings (SSSR count). The zero-order valence-corrected chi connectivity index (χ0v) is 11.1. The molecule has 0 saturated heterocycles. The highest BCUT2D eigenvalue weighted by molar-refractivity contribution is 7.98. The zero-order valence-electron chi connectivity index (χ0n) is 10.3. The third kappa shape index (κ3) is 1.91. The largest absolute Gasteiger partial charge is 0.129 e. The van der Waals surface area contributed by atoms with Crippen molar-refractivity contribution in [1.82, 2.24) is 0 Å². The molecular formula is C17H14S. The monoisotopic (exact) mass is 250 g/mol. The van der Waals surface area contributed by atoms with E-state index in [1.54, 1.807) is 0 Å². The quantitative estimate of drug-likeness (QED) is 0.561. The van der Waals surface area contributed by atoms with Gasteiger partial charge in [0, 0.05) is 10.3 Å². The van der Waals surface area contributed by atoms with Crippen molar-refractivity contribution in [3.63, 3.8) is 0 Å². The Morgan fingerprint density at radius 3 is 2.17 bits per heavy atom. The summed E-state index contributed by atoms with van der Waals surface area (Å²) in [4.78, 5) is 1.34. The minimum absolute atomic E-state index is 1.28. The van der Waals surface area contributed by atoms with Crippen LogP contribution in [-0.2, 0) is 0 Å². The molecule has 0 aliphatic rings. The van der Waals surface area contributed by atoms with E-state index in [1.807, 2.05) is 11.8 Å². The number of hydrogen-bond donors (Lipinski definition) is 0. The highest BCUT2D eigenvalue weighted by Gasteiger charge is 2.06. The molecule has 0 N–H and O–H groups in total. The number of hydrogen-bond acceptors (Lipinski definition) is 1. The van der Waals surface area contributed by atoms with Crippen molar-refractivity contribution < 1.29 is 0 Å². The van der Waals surface area contributed by atoms with Crippen LogP contribution in [0.1, 0.15) is 0 Å². The molecule has 3 aromatic rings. The Morgan fingerprint density at radius 1 is 0.722 bits per heavy atom. The van der Waals surface area contributed by atoms with Crippen molar-refractivity contribution in [2.24, 2.45) is 0 Å². The molecule has 0 aliphatic carbocycles. The van der Waals surface area contributed by atoms with E-state index in [2.05, 4.69) is 73.0 Å². The summed E-state index contributed by atoms with van der Waals surface area (Å²) in [6.07, 6.45) is 2.14. The molecule has 0 aliphatic heterocycles. The first kappa shape index (κ1) is 11.4. The predicted octanol–water partition coefficient (Wildman–Crippen LogP) is 5.23. The molecule has 3 aromatic carbocycles. The molecule has 1 heteroatoms. The summed E-state index contributed by atoms with van der Waals surface area (Å²) < 4.78 is 0. The van der Waals surface area contributed by atoms with Crippen LogP contribution in [0, 0.1) is 0 Å². The molecule has 0 saturated carbocycles.